The molecule has 3 heterocycles. The second-order valence-electron chi connectivity index (χ2n) is 5.06. The fraction of sp³-hybridized carbons (Fsp3) is 0.500. The summed E-state index contributed by atoms with van der Waals surface area (Å²) in [6, 6.07) is 5.66. The third kappa shape index (κ3) is 2.59. The standard InChI is InChI=1S/C14H16N4OS/c15-7-11-1-2-13(16-8-11)18-9-12(10-18)14(19)17-3-5-20-6-4-17/h1-2,8,12H,3-6,9-10H2. The predicted octanol–water partition coefficient (Wildman–Crippen LogP) is 0.965. The van der Waals surface area contributed by atoms with Crippen molar-refractivity contribution in [2.24, 2.45) is 5.92 Å². The van der Waals surface area contributed by atoms with Gasteiger partial charge in [0.2, 0.25) is 5.91 Å². The van der Waals surface area contributed by atoms with Crippen LogP contribution in [0.15, 0.2) is 18.3 Å². The van der Waals surface area contributed by atoms with Crippen LogP contribution in [0.3, 0.4) is 0 Å². The molecule has 104 valence electrons. The predicted molar refractivity (Wildman–Crippen MR) is 78.6 cm³/mol. The van der Waals surface area contributed by atoms with Crippen LogP contribution in [0, 0.1) is 17.2 Å². The fourth-order valence-corrected chi connectivity index (χ4v) is 3.41. The van der Waals surface area contributed by atoms with E-state index < -0.39 is 0 Å². The topological polar surface area (TPSA) is 60.2 Å². The molecule has 0 bridgehead atoms. The van der Waals surface area contributed by atoms with Crippen molar-refractivity contribution in [1.82, 2.24) is 9.88 Å². The van der Waals surface area contributed by atoms with E-state index in [2.05, 4.69) is 16.0 Å². The Morgan fingerprint density at radius 3 is 2.70 bits per heavy atom. The van der Waals surface area contributed by atoms with Gasteiger partial charge in [-0.05, 0) is 12.1 Å². The SMILES string of the molecule is N#Cc1ccc(N2CC(C(=O)N3CCSCC3)C2)nc1. The highest BCUT2D eigenvalue weighted by molar-refractivity contribution is 7.99. The highest BCUT2D eigenvalue weighted by atomic mass is 32.2. The Kier molecular flexibility index (Phi) is 3.79. The zero-order chi connectivity index (χ0) is 13.9. The molecule has 6 heteroatoms. The van der Waals surface area contributed by atoms with Gasteiger partial charge in [0, 0.05) is 43.9 Å². The maximum atomic E-state index is 12.3. The minimum Gasteiger partial charge on any atom is -0.355 e. The van der Waals surface area contributed by atoms with Crippen molar-refractivity contribution in [3.63, 3.8) is 0 Å². The van der Waals surface area contributed by atoms with Crippen LogP contribution >= 0.6 is 11.8 Å². The maximum absolute atomic E-state index is 12.3. The number of thioether (sulfide) groups is 1. The highest BCUT2D eigenvalue weighted by Crippen LogP contribution is 2.25. The second kappa shape index (κ2) is 5.71. The molecule has 1 amide bonds. The van der Waals surface area contributed by atoms with Gasteiger partial charge in [0.25, 0.3) is 0 Å². The van der Waals surface area contributed by atoms with E-state index in [-0.39, 0.29) is 11.8 Å². The van der Waals surface area contributed by atoms with Crippen molar-refractivity contribution >= 4 is 23.5 Å². The van der Waals surface area contributed by atoms with Crippen LogP contribution in [0.5, 0.6) is 0 Å². The van der Waals surface area contributed by atoms with Crippen LogP contribution in [0.4, 0.5) is 5.82 Å². The van der Waals surface area contributed by atoms with Gasteiger partial charge in [-0.25, -0.2) is 4.98 Å². The van der Waals surface area contributed by atoms with Gasteiger partial charge >= 0.3 is 0 Å². The molecule has 3 rings (SSSR count). The van der Waals surface area contributed by atoms with E-state index in [1.807, 2.05) is 22.7 Å². The lowest BCUT2D eigenvalue weighted by Gasteiger charge is -2.42. The lowest BCUT2D eigenvalue weighted by atomic mass is 9.98. The number of rotatable bonds is 2. The van der Waals surface area contributed by atoms with Crippen LogP contribution in [-0.2, 0) is 4.79 Å². The highest BCUT2D eigenvalue weighted by Gasteiger charge is 2.36. The van der Waals surface area contributed by atoms with Crippen LogP contribution in [0.25, 0.3) is 0 Å². The van der Waals surface area contributed by atoms with Gasteiger partial charge in [-0.15, -0.1) is 0 Å². The molecule has 0 aromatic carbocycles. The van der Waals surface area contributed by atoms with Crippen molar-refractivity contribution < 1.29 is 4.79 Å². The summed E-state index contributed by atoms with van der Waals surface area (Å²) in [6.07, 6.45) is 1.58. The van der Waals surface area contributed by atoms with E-state index >= 15 is 0 Å². The molecule has 0 radical (unpaired) electrons. The number of nitriles is 1. The Morgan fingerprint density at radius 1 is 1.35 bits per heavy atom. The Labute approximate surface area is 122 Å². The first kappa shape index (κ1) is 13.3. The smallest absolute Gasteiger partial charge is 0.229 e. The van der Waals surface area contributed by atoms with Gasteiger partial charge in [0.15, 0.2) is 0 Å². The van der Waals surface area contributed by atoms with E-state index in [1.165, 1.54) is 0 Å². The molecule has 2 fully saturated rings. The zero-order valence-electron chi connectivity index (χ0n) is 11.2. The molecule has 20 heavy (non-hydrogen) atoms. The van der Waals surface area contributed by atoms with Gasteiger partial charge in [-0.3, -0.25) is 4.79 Å². The minimum atomic E-state index is 0.107. The number of nitrogens with zero attached hydrogens (tertiary/aromatic N) is 4. The van der Waals surface area contributed by atoms with E-state index in [0.29, 0.717) is 5.56 Å². The van der Waals surface area contributed by atoms with Gasteiger partial charge in [0.1, 0.15) is 11.9 Å². The zero-order valence-corrected chi connectivity index (χ0v) is 12.0. The molecular weight excluding hydrogens is 272 g/mol. The second-order valence-corrected chi connectivity index (χ2v) is 6.28. The number of hydrogen-bond donors (Lipinski definition) is 0. The number of hydrogen-bond acceptors (Lipinski definition) is 5. The van der Waals surface area contributed by atoms with Crippen LogP contribution in [-0.4, -0.2) is 53.5 Å². The summed E-state index contributed by atoms with van der Waals surface area (Å²) < 4.78 is 0. The lowest BCUT2D eigenvalue weighted by molar-refractivity contribution is -0.135. The van der Waals surface area contributed by atoms with Gasteiger partial charge in [0.05, 0.1) is 11.5 Å². The Bertz CT molecular complexity index is 527. The fourth-order valence-electron chi connectivity index (χ4n) is 2.50. The third-order valence-corrected chi connectivity index (χ3v) is 4.70. The number of carbonyl (C=O) groups is 1. The van der Waals surface area contributed by atoms with Crippen LogP contribution in [0.2, 0.25) is 0 Å². The number of aromatic nitrogens is 1. The summed E-state index contributed by atoms with van der Waals surface area (Å²) in [5, 5.41) is 8.74. The molecule has 0 N–H and O–H groups in total. The summed E-state index contributed by atoms with van der Waals surface area (Å²) in [6.45, 7) is 3.24. The largest absolute Gasteiger partial charge is 0.355 e. The summed E-state index contributed by atoms with van der Waals surface area (Å²) in [7, 11) is 0. The summed E-state index contributed by atoms with van der Waals surface area (Å²) in [4.78, 5) is 20.6. The molecule has 2 aliphatic rings. The van der Waals surface area contributed by atoms with Crippen molar-refractivity contribution in [2.45, 2.75) is 0 Å². The Balaban J connectivity index is 1.55. The van der Waals surface area contributed by atoms with E-state index in [0.717, 1.165) is 43.5 Å². The molecule has 2 saturated heterocycles. The first-order chi connectivity index (χ1) is 9.78. The van der Waals surface area contributed by atoms with Gasteiger partial charge < -0.3 is 9.80 Å². The molecular formula is C14H16N4OS. The molecule has 0 unspecified atom stereocenters. The summed E-state index contributed by atoms with van der Waals surface area (Å²) >= 11 is 1.91. The molecule has 0 atom stereocenters. The number of pyridine rings is 1. The Morgan fingerprint density at radius 2 is 2.10 bits per heavy atom. The first-order valence-corrected chi connectivity index (χ1v) is 7.91. The van der Waals surface area contributed by atoms with Crippen molar-refractivity contribution in [1.29, 1.82) is 5.26 Å². The monoisotopic (exact) mass is 288 g/mol. The van der Waals surface area contributed by atoms with Crippen LogP contribution < -0.4 is 4.90 Å². The normalized spacial score (nSPS) is 19.4. The van der Waals surface area contributed by atoms with E-state index in [4.69, 9.17) is 5.26 Å². The van der Waals surface area contributed by atoms with Crippen molar-refractivity contribution in [3.05, 3.63) is 23.9 Å². The number of anilines is 1. The third-order valence-electron chi connectivity index (χ3n) is 3.75. The van der Waals surface area contributed by atoms with Crippen molar-refractivity contribution in [2.75, 3.05) is 42.6 Å². The van der Waals surface area contributed by atoms with Crippen molar-refractivity contribution in [3.8, 4) is 6.07 Å². The molecule has 2 aliphatic heterocycles. The molecule has 0 spiro atoms. The summed E-state index contributed by atoms with van der Waals surface area (Å²) in [5.74, 6) is 3.35. The van der Waals surface area contributed by atoms with Gasteiger partial charge in [-0.2, -0.15) is 17.0 Å². The average molecular weight is 288 g/mol. The maximum Gasteiger partial charge on any atom is 0.229 e. The number of carbonyl (C=O) groups excluding carboxylic acids is 1. The molecule has 1 aromatic rings. The first-order valence-electron chi connectivity index (χ1n) is 6.75. The Hall–Kier alpha value is -1.74. The number of amides is 1. The van der Waals surface area contributed by atoms with E-state index in [9.17, 15) is 4.79 Å². The summed E-state index contributed by atoms with van der Waals surface area (Å²) in [5.41, 5.74) is 0.563. The molecule has 0 aliphatic carbocycles. The average Bonchev–Trinajstić information content (AvgIpc) is 2.47. The molecule has 5 nitrogen and oxygen atoms in total. The quantitative estimate of drug-likeness (QED) is 0.811. The lowest BCUT2D eigenvalue weighted by Crippen LogP contribution is -2.56. The van der Waals surface area contributed by atoms with Gasteiger partial charge in [-0.1, -0.05) is 0 Å². The molecule has 0 saturated carbocycles. The minimum absolute atomic E-state index is 0.107. The van der Waals surface area contributed by atoms with Crippen LogP contribution in [0.1, 0.15) is 5.56 Å². The molecule has 1 aromatic heterocycles. The van der Waals surface area contributed by atoms with E-state index in [1.54, 1.807) is 12.3 Å².